The van der Waals surface area contributed by atoms with Gasteiger partial charge in [0.2, 0.25) is 0 Å². The Morgan fingerprint density at radius 1 is 1.25 bits per heavy atom. The van der Waals surface area contributed by atoms with Gasteiger partial charge in [-0.1, -0.05) is 19.9 Å². The zero-order valence-corrected chi connectivity index (χ0v) is 13.4. The Labute approximate surface area is 124 Å². The second-order valence-electron chi connectivity index (χ2n) is 5.81. The molecule has 0 aromatic heterocycles. The van der Waals surface area contributed by atoms with Crippen LogP contribution in [-0.2, 0) is 6.54 Å². The molecule has 2 rings (SSSR count). The summed E-state index contributed by atoms with van der Waals surface area (Å²) in [6.45, 7) is 15.6. The van der Waals surface area contributed by atoms with Crippen molar-refractivity contribution in [3.8, 4) is 0 Å². The fourth-order valence-corrected chi connectivity index (χ4v) is 3.03. The number of likely N-dealkylation sites (N-methyl/N-ethyl adjacent to an activating group) is 1. The lowest BCUT2D eigenvalue weighted by Crippen LogP contribution is -2.51. The van der Waals surface area contributed by atoms with Gasteiger partial charge in [0.1, 0.15) is 0 Å². The number of nitrogens with zero attached hydrogens (tertiary/aromatic N) is 2. The van der Waals surface area contributed by atoms with Gasteiger partial charge in [0, 0.05) is 37.9 Å². The maximum absolute atomic E-state index is 3.40. The molecule has 0 saturated carbocycles. The molecule has 1 aliphatic heterocycles. The molecule has 0 radical (unpaired) electrons. The molecule has 1 N–H and O–H groups in total. The molecule has 1 saturated heterocycles. The molecule has 1 atom stereocenters. The molecule has 0 amide bonds. The van der Waals surface area contributed by atoms with Gasteiger partial charge in [-0.25, -0.2) is 0 Å². The van der Waals surface area contributed by atoms with Gasteiger partial charge in [0.15, 0.2) is 0 Å². The van der Waals surface area contributed by atoms with Crippen LogP contribution in [-0.4, -0.2) is 43.7 Å². The van der Waals surface area contributed by atoms with Crippen LogP contribution in [0.25, 0.3) is 0 Å². The summed E-state index contributed by atoms with van der Waals surface area (Å²) in [5.41, 5.74) is 4.19. The summed E-state index contributed by atoms with van der Waals surface area (Å²) in [6.07, 6.45) is 0. The van der Waals surface area contributed by atoms with Crippen LogP contribution < -0.4 is 10.2 Å². The number of aryl methyl sites for hydroxylation is 1. The van der Waals surface area contributed by atoms with Crippen LogP contribution in [0.3, 0.4) is 0 Å². The number of hydrogen-bond acceptors (Lipinski definition) is 3. The highest BCUT2D eigenvalue weighted by Gasteiger charge is 2.22. The summed E-state index contributed by atoms with van der Waals surface area (Å²) in [4.78, 5) is 5.09. The van der Waals surface area contributed by atoms with Crippen molar-refractivity contribution in [1.29, 1.82) is 0 Å². The second-order valence-corrected chi connectivity index (χ2v) is 5.81. The van der Waals surface area contributed by atoms with E-state index >= 15 is 0 Å². The molecule has 0 bridgehead atoms. The second kappa shape index (κ2) is 7.09. The number of benzene rings is 1. The van der Waals surface area contributed by atoms with E-state index in [4.69, 9.17) is 0 Å². The predicted molar refractivity (Wildman–Crippen MR) is 87.5 cm³/mol. The minimum absolute atomic E-state index is 0.649. The van der Waals surface area contributed by atoms with Crippen LogP contribution in [0.15, 0.2) is 18.2 Å². The summed E-state index contributed by atoms with van der Waals surface area (Å²) in [5, 5.41) is 3.40. The topological polar surface area (TPSA) is 18.5 Å². The molecule has 0 aliphatic carbocycles. The molecule has 1 aliphatic rings. The molecule has 3 heteroatoms. The highest BCUT2D eigenvalue weighted by atomic mass is 15.3. The molecular formula is C17H29N3. The average Bonchev–Trinajstić information content (AvgIpc) is 2.46. The fraction of sp³-hybridized carbons (Fsp3) is 0.647. The third-order valence-electron chi connectivity index (χ3n) is 4.43. The van der Waals surface area contributed by atoms with Gasteiger partial charge >= 0.3 is 0 Å². The monoisotopic (exact) mass is 275 g/mol. The Kier molecular flexibility index (Phi) is 5.44. The number of hydrogen-bond donors (Lipinski definition) is 1. The molecule has 1 fully saturated rings. The van der Waals surface area contributed by atoms with Crippen molar-refractivity contribution < 1.29 is 0 Å². The molecule has 1 aromatic carbocycles. The minimum Gasteiger partial charge on any atom is -0.369 e. The highest BCUT2D eigenvalue weighted by Crippen LogP contribution is 2.22. The third kappa shape index (κ3) is 3.53. The summed E-state index contributed by atoms with van der Waals surface area (Å²) >= 11 is 0. The highest BCUT2D eigenvalue weighted by molar-refractivity contribution is 5.51. The van der Waals surface area contributed by atoms with E-state index in [-0.39, 0.29) is 0 Å². The lowest BCUT2D eigenvalue weighted by atomic mass is 10.1. The van der Waals surface area contributed by atoms with Gasteiger partial charge in [-0.2, -0.15) is 0 Å². The lowest BCUT2D eigenvalue weighted by Gasteiger charge is -2.40. The quantitative estimate of drug-likeness (QED) is 0.891. The Morgan fingerprint density at radius 3 is 2.65 bits per heavy atom. The maximum Gasteiger partial charge on any atom is 0.0370 e. The van der Waals surface area contributed by atoms with Gasteiger partial charge in [-0.15, -0.1) is 0 Å². The van der Waals surface area contributed by atoms with E-state index in [0.717, 1.165) is 32.7 Å². The van der Waals surface area contributed by atoms with Crippen molar-refractivity contribution in [2.24, 2.45) is 0 Å². The van der Waals surface area contributed by atoms with E-state index in [2.05, 4.69) is 61.0 Å². The first-order valence-corrected chi connectivity index (χ1v) is 7.95. The maximum atomic E-state index is 3.40. The van der Waals surface area contributed by atoms with E-state index in [1.165, 1.54) is 23.4 Å². The zero-order chi connectivity index (χ0) is 14.5. The van der Waals surface area contributed by atoms with Gasteiger partial charge in [-0.05, 0) is 50.2 Å². The van der Waals surface area contributed by atoms with Crippen molar-refractivity contribution in [2.75, 3.05) is 37.6 Å². The number of rotatable bonds is 5. The third-order valence-corrected chi connectivity index (χ3v) is 4.43. The Morgan fingerprint density at radius 2 is 2.05 bits per heavy atom. The molecule has 3 nitrogen and oxygen atoms in total. The van der Waals surface area contributed by atoms with Crippen molar-refractivity contribution in [2.45, 2.75) is 40.3 Å². The van der Waals surface area contributed by atoms with Crippen molar-refractivity contribution in [1.82, 2.24) is 10.2 Å². The van der Waals surface area contributed by atoms with Crippen molar-refractivity contribution in [3.05, 3.63) is 29.3 Å². The Hall–Kier alpha value is -1.06. The van der Waals surface area contributed by atoms with Crippen LogP contribution in [0.4, 0.5) is 5.69 Å². The van der Waals surface area contributed by atoms with Crippen LogP contribution >= 0.6 is 0 Å². The summed E-state index contributed by atoms with van der Waals surface area (Å²) in [7, 11) is 0. The molecule has 0 spiro atoms. The van der Waals surface area contributed by atoms with E-state index in [9.17, 15) is 0 Å². The lowest BCUT2D eigenvalue weighted by molar-refractivity contribution is 0.199. The zero-order valence-electron chi connectivity index (χ0n) is 13.4. The first kappa shape index (κ1) is 15.3. The summed E-state index contributed by atoms with van der Waals surface area (Å²) < 4.78 is 0. The first-order chi connectivity index (χ1) is 9.65. The average molecular weight is 275 g/mol. The van der Waals surface area contributed by atoms with E-state index in [1.807, 2.05) is 0 Å². The van der Waals surface area contributed by atoms with Gasteiger partial charge in [0.25, 0.3) is 0 Å². The van der Waals surface area contributed by atoms with Crippen LogP contribution in [0, 0.1) is 6.92 Å². The standard InChI is InChI=1S/C17H29N3/c1-5-18-12-16-7-8-17(11-14(16)3)20-10-9-19(6-2)15(4)13-20/h7-8,11,15,18H,5-6,9-10,12-13H2,1-4H3. The molecule has 1 unspecified atom stereocenters. The first-order valence-electron chi connectivity index (χ1n) is 7.95. The number of anilines is 1. The van der Waals surface area contributed by atoms with Crippen molar-refractivity contribution >= 4 is 5.69 Å². The summed E-state index contributed by atoms with van der Waals surface area (Å²) in [5.74, 6) is 0. The van der Waals surface area contributed by atoms with Crippen LogP contribution in [0.5, 0.6) is 0 Å². The fourth-order valence-electron chi connectivity index (χ4n) is 3.03. The molecule has 1 aromatic rings. The van der Waals surface area contributed by atoms with Gasteiger partial charge in [0.05, 0.1) is 0 Å². The summed E-state index contributed by atoms with van der Waals surface area (Å²) in [6, 6.07) is 7.56. The number of piperazine rings is 1. The molecular weight excluding hydrogens is 246 g/mol. The Balaban J connectivity index is 2.04. The van der Waals surface area contributed by atoms with Gasteiger partial charge < -0.3 is 10.2 Å². The SMILES string of the molecule is CCNCc1ccc(N2CCN(CC)C(C)C2)cc1C. The van der Waals surface area contributed by atoms with E-state index < -0.39 is 0 Å². The molecule has 20 heavy (non-hydrogen) atoms. The van der Waals surface area contributed by atoms with Crippen LogP contribution in [0.1, 0.15) is 31.9 Å². The normalized spacial score (nSPS) is 20.4. The smallest absolute Gasteiger partial charge is 0.0370 e. The minimum atomic E-state index is 0.649. The number of nitrogens with one attached hydrogen (secondary N) is 1. The van der Waals surface area contributed by atoms with Crippen LogP contribution in [0.2, 0.25) is 0 Å². The van der Waals surface area contributed by atoms with Gasteiger partial charge in [-0.3, -0.25) is 4.90 Å². The molecule has 112 valence electrons. The molecule has 1 heterocycles. The Bertz CT molecular complexity index is 430. The van der Waals surface area contributed by atoms with E-state index in [1.54, 1.807) is 0 Å². The van der Waals surface area contributed by atoms with E-state index in [0.29, 0.717) is 6.04 Å². The largest absolute Gasteiger partial charge is 0.369 e. The predicted octanol–water partition coefficient (Wildman–Crippen LogP) is 2.63. The van der Waals surface area contributed by atoms with Crippen molar-refractivity contribution in [3.63, 3.8) is 0 Å².